The fraction of sp³-hybridized carbons (Fsp3) is 0.800. The molecule has 1 atom stereocenters. The van der Waals surface area contributed by atoms with Crippen molar-refractivity contribution in [3.63, 3.8) is 0 Å². The van der Waals surface area contributed by atoms with Crippen LogP contribution >= 0.6 is 0 Å². The van der Waals surface area contributed by atoms with E-state index >= 15 is 0 Å². The SMILES string of the molecule is CCCCN1CCN2C(=O)NC(=O)C2C1. The molecular formula is C10H17N3O2. The van der Waals surface area contributed by atoms with Crippen molar-refractivity contribution in [2.45, 2.75) is 25.8 Å². The Morgan fingerprint density at radius 1 is 1.40 bits per heavy atom. The van der Waals surface area contributed by atoms with Crippen LogP contribution in [0.2, 0.25) is 0 Å². The molecule has 2 aliphatic rings. The number of nitrogens with zero attached hydrogens (tertiary/aromatic N) is 2. The first-order valence-electron chi connectivity index (χ1n) is 5.56. The number of hydrogen-bond donors (Lipinski definition) is 1. The summed E-state index contributed by atoms with van der Waals surface area (Å²) in [6.07, 6.45) is 2.32. The molecule has 0 aromatic heterocycles. The van der Waals surface area contributed by atoms with Crippen molar-refractivity contribution in [3.05, 3.63) is 0 Å². The Morgan fingerprint density at radius 2 is 2.20 bits per heavy atom. The zero-order valence-corrected chi connectivity index (χ0v) is 9.03. The summed E-state index contributed by atoms with van der Waals surface area (Å²) in [5.41, 5.74) is 0. The normalized spacial score (nSPS) is 26.7. The lowest BCUT2D eigenvalue weighted by atomic mass is 10.2. The van der Waals surface area contributed by atoms with Crippen LogP contribution in [-0.2, 0) is 4.79 Å². The highest BCUT2D eigenvalue weighted by molar-refractivity contribution is 6.04. The molecule has 84 valence electrons. The molecule has 5 heteroatoms. The smallest absolute Gasteiger partial charge is 0.310 e. The molecule has 15 heavy (non-hydrogen) atoms. The molecule has 1 N–H and O–H groups in total. The van der Waals surface area contributed by atoms with Crippen LogP contribution < -0.4 is 5.32 Å². The molecule has 0 radical (unpaired) electrons. The van der Waals surface area contributed by atoms with Gasteiger partial charge in [-0.05, 0) is 13.0 Å². The van der Waals surface area contributed by atoms with Gasteiger partial charge in [0.2, 0.25) is 0 Å². The van der Waals surface area contributed by atoms with Crippen LogP contribution in [0.3, 0.4) is 0 Å². The van der Waals surface area contributed by atoms with Crippen molar-refractivity contribution in [3.8, 4) is 0 Å². The summed E-state index contributed by atoms with van der Waals surface area (Å²) in [6, 6.07) is -0.469. The molecule has 0 aliphatic carbocycles. The minimum absolute atomic E-state index is 0.138. The molecule has 2 saturated heterocycles. The van der Waals surface area contributed by atoms with E-state index in [1.807, 2.05) is 0 Å². The summed E-state index contributed by atoms with van der Waals surface area (Å²) in [5, 5.41) is 2.36. The molecule has 0 spiro atoms. The molecule has 1 unspecified atom stereocenters. The van der Waals surface area contributed by atoms with E-state index in [0.717, 1.165) is 25.9 Å². The standard InChI is InChI=1S/C10H17N3O2/c1-2-3-4-12-5-6-13-8(7-12)9(14)11-10(13)15/h8H,2-7H2,1H3,(H,11,14,15). The maximum absolute atomic E-state index is 11.4. The molecule has 0 aromatic carbocycles. The number of amides is 3. The number of piperazine rings is 1. The van der Waals surface area contributed by atoms with E-state index in [1.54, 1.807) is 4.90 Å². The van der Waals surface area contributed by atoms with Gasteiger partial charge in [0.25, 0.3) is 5.91 Å². The summed E-state index contributed by atoms with van der Waals surface area (Å²) >= 11 is 0. The predicted molar refractivity (Wildman–Crippen MR) is 55.4 cm³/mol. The number of hydrogen-bond acceptors (Lipinski definition) is 3. The number of carbonyl (C=O) groups is 2. The highest BCUT2D eigenvalue weighted by Gasteiger charge is 2.41. The molecule has 0 saturated carbocycles. The predicted octanol–water partition coefficient (Wildman–Crippen LogP) is 0.0225. The van der Waals surface area contributed by atoms with Crippen LogP contribution in [0, 0.1) is 0 Å². The molecule has 3 amide bonds. The third kappa shape index (κ3) is 1.97. The van der Waals surface area contributed by atoms with Gasteiger partial charge in [0.15, 0.2) is 0 Å². The summed E-state index contributed by atoms with van der Waals surface area (Å²) in [5.74, 6) is -0.138. The molecule has 2 rings (SSSR count). The molecule has 0 aromatic rings. The second kappa shape index (κ2) is 4.18. The average molecular weight is 211 g/mol. The van der Waals surface area contributed by atoms with Gasteiger partial charge < -0.3 is 4.90 Å². The number of imide groups is 1. The molecule has 2 fully saturated rings. The van der Waals surface area contributed by atoms with Crippen LogP contribution in [0.5, 0.6) is 0 Å². The molecule has 0 bridgehead atoms. The van der Waals surface area contributed by atoms with E-state index in [9.17, 15) is 9.59 Å². The van der Waals surface area contributed by atoms with Crippen molar-refractivity contribution in [2.75, 3.05) is 26.2 Å². The monoisotopic (exact) mass is 211 g/mol. The maximum atomic E-state index is 11.4. The van der Waals surface area contributed by atoms with Gasteiger partial charge in [-0.25, -0.2) is 4.79 Å². The third-order valence-corrected chi connectivity index (χ3v) is 3.09. The highest BCUT2D eigenvalue weighted by atomic mass is 16.2. The molecular weight excluding hydrogens is 194 g/mol. The summed E-state index contributed by atoms with van der Waals surface area (Å²) < 4.78 is 0. The number of unbranched alkanes of at least 4 members (excludes halogenated alkanes) is 1. The Bertz CT molecular complexity index is 280. The number of nitrogens with one attached hydrogen (secondary N) is 1. The van der Waals surface area contributed by atoms with Gasteiger partial charge in [0.05, 0.1) is 0 Å². The maximum Gasteiger partial charge on any atom is 0.324 e. The van der Waals surface area contributed by atoms with Gasteiger partial charge in [-0.1, -0.05) is 13.3 Å². The minimum Gasteiger partial charge on any atom is -0.310 e. The van der Waals surface area contributed by atoms with E-state index in [0.29, 0.717) is 13.1 Å². The average Bonchev–Trinajstić information content (AvgIpc) is 2.52. The van der Waals surface area contributed by atoms with Crippen LogP contribution in [0.4, 0.5) is 4.79 Å². The quantitative estimate of drug-likeness (QED) is 0.670. The van der Waals surface area contributed by atoms with Gasteiger partial charge in [0.1, 0.15) is 6.04 Å². The summed E-state index contributed by atoms with van der Waals surface area (Å²) in [7, 11) is 0. The van der Waals surface area contributed by atoms with Gasteiger partial charge in [-0.2, -0.15) is 0 Å². The summed E-state index contributed by atoms with van der Waals surface area (Å²) in [4.78, 5) is 26.7. The van der Waals surface area contributed by atoms with Crippen LogP contribution in [0.15, 0.2) is 0 Å². The topological polar surface area (TPSA) is 52.6 Å². The van der Waals surface area contributed by atoms with Gasteiger partial charge in [0, 0.05) is 19.6 Å². The first-order valence-corrected chi connectivity index (χ1v) is 5.56. The van der Waals surface area contributed by atoms with E-state index in [2.05, 4.69) is 17.1 Å². The first-order chi connectivity index (χ1) is 7.22. The Kier molecular flexibility index (Phi) is 2.90. The van der Waals surface area contributed by atoms with Crippen LogP contribution in [0.25, 0.3) is 0 Å². The van der Waals surface area contributed by atoms with Crippen molar-refractivity contribution in [2.24, 2.45) is 0 Å². The Labute approximate surface area is 89.4 Å². The Balaban J connectivity index is 1.93. The second-order valence-corrected chi connectivity index (χ2v) is 4.16. The van der Waals surface area contributed by atoms with E-state index in [1.165, 1.54) is 0 Å². The van der Waals surface area contributed by atoms with E-state index in [-0.39, 0.29) is 18.0 Å². The zero-order valence-electron chi connectivity index (χ0n) is 9.03. The highest BCUT2D eigenvalue weighted by Crippen LogP contribution is 2.15. The minimum atomic E-state index is -0.247. The van der Waals surface area contributed by atoms with Crippen LogP contribution in [-0.4, -0.2) is 54.0 Å². The third-order valence-electron chi connectivity index (χ3n) is 3.09. The molecule has 2 aliphatic heterocycles. The molecule has 5 nitrogen and oxygen atoms in total. The number of carbonyl (C=O) groups excluding carboxylic acids is 2. The van der Waals surface area contributed by atoms with Gasteiger partial charge in [-0.3, -0.25) is 15.0 Å². The number of urea groups is 1. The van der Waals surface area contributed by atoms with Crippen molar-refractivity contribution in [1.82, 2.24) is 15.1 Å². The largest absolute Gasteiger partial charge is 0.324 e. The number of fused-ring (bicyclic) bond motifs is 1. The Morgan fingerprint density at radius 3 is 2.93 bits per heavy atom. The lowest BCUT2D eigenvalue weighted by Gasteiger charge is -2.35. The zero-order chi connectivity index (χ0) is 10.8. The van der Waals surface area contributed by atoms with Crippen molar-refractivity contribution in [1.29, 1.82) is 0 Å². The molecule has 2 heterocycles. The first kappa shape index (κ1) is 10.4. The fourth-order valence-electron chi connectivity index (χ4n) is 2.15. The second-order valence-electron chi connectivity index (χ2n) is 4.16. The van der Waals surface area contributed by atoms with Crippen molar-refractivity contribution < 1.29 is 9.59 Å². The fourth-order valence-corrected chi connectivity index (χ4v) is 2.15. The summed E-state index contributed by atoms with van der Waals surface area (Å²) in [6.45, 7) is 5.44. The van der Waals surface area contributed by atoms with Crippen molar-refractivity contribution >= 4 is 11.9 Å². The lowest BCUT2D eigenvalue weighted by Crippen LogP contribution is -2.53. The van der Waals surface area contributed by atoms with Crippen LogP contribution in [0.1, 0.15) is 19.8 Å². The van der Waals surface area contributed by atoms with E-state index in [4.69, 9.17) is 0 Å². The van der Waals surface area contributed by atoms with E-state index < -0.39 is 0 Å². The van der Waals surface area contributed by atoms with Gasteiger partial charge >= 0.3 is 6.03 Å². The lowest BCUT2D eigenvalue weighted by molar-refractivity contribution is -0.122. The van der Waals surface area contributed by atoms with Gasteiger partial charge in [-0.15, -0.1) is 0 Å². The number of rotatable bonds is 3. The Hall–Kier alpha value is -1.10.